The van der Waals surface area contributed by atoms with E-state index < -0.39 is 11.9 Å². The van der Waals surface area contributed by atoms with Crippen molar-refractivity contribution in [2.24, 2.45) is 10.2 Å². The van der Waals surface area contributed by atoms with Crippen molar-refractivity contribution in [1.29, 1.82) is 0 Å². The summed E-state index contributed by atoms with van der Waals surface area (Å²) in [4.78, 5) is 0. The molecule has 5 nitrogen and oxygen atoms in total. The minimum absolute atomic E-state index is 0.419. The highest BCUT2D eigenvalue weighted by atomic mass is 19.1. The van der Waals surface area contributed by atoms with Gasteiger partial charge in [0.15, 0.2) is 11.5 Å². The van der Waals surface area contributed by atoms with Crippen molar-refractivity contribution < 1.29 is 19.0 Å². The summed E-state index contributed by atoms with van der Waals surface area (Å²) >= 11 is 0. The Morgan fingerprint density at radius 2 is 1.59 bits per heavy atom. The Kier molecular flexibility index (Phi) is 4.80. The number of fused-ring (bicyclic) bond motifs is 1. The molecule has 1 aliphatic heterocycles. The molecular formula is C21H17FN2O3. The van der Waals surface area contributed by atoms with Gasteiger partial charge < -0.3 is 14.6 Å². The van der Waals surface area contributed by atoms with Gasteiger partial charge in [0.25, 0.3) is 0 Å². The maximum atomic E-state index is 13.6. The maximum Gasteiger partial charge on any atom is 0.163 e. The summed E-state index contributed by atoms with van der Waals surface area (Å²) < 4.78 is 24.8. The predicted molar refractivity (Wildman–Crippen MR) is 98.5 cm³/mol. The van der Waals surface area contributed by atoms with Crippen LogP contribution in [0.1, 0.15) is 17.2 Å². The van der Waals surface area contributed by atoms with Crippen LogP contribution in [0.4, 0.5) is 15.8 Å². The Hall–Kier alpha value is -3.25. The largest absolute Gasteiger partial charge is 0.486 e. The van der Waals surface area contributed by atoms with E-state index in [2.05, 4.69) is 10.2 Å². The van der Waals surface area contributed by atoms with E-state index in [4.69, 9.17) is 9.47 Å². The van der Waals surface area contributed by atoms with Crippen molar-refractivity contribution >= 4 is 11.4 Å². The third kappa shape index (κ3) is 3.80. The molecule has 0 aliphatic carbocycles. The van der Waals surface area contributed by atoms with Gasteiger partial charge in [-0.3, -0.25) is 0 Å². The first-order chi connectivity index (χ1) is 13.2. The van der Waals surface area contributed by atoms with E-state index >= 15 is 0 Å². The molecule has 1 N–H and O–H groups in total. The van der Waals surface area contributed by atoms with E-state index in [1.807, 2.05) is 30.3 Å². The number of hydrogen-bond acceptors (Lipinski definition) is 5. The van der Waals surface area contributed by atoms with Gasteiger partial charge >= 0.3 is 0 Å². The third-order valence-corrected chi connectivity index (χ3v) is 4.18. The molecule has 0 spiro atoms. The molecule has 0 amide bonds. The molecule has 1 atom stereocenters. The van der Waals surface area contributed by atoms with Gasteiger partial charge in [-0.05, 0) is 35.9 Å². The van der Waals surface area contributed by atoms with Crippen LogP contribution in [-0.4, -0.2) is 18.3 Å². The Balaban J connectivity index is 1.77. The molecule has 0 saturated heterocycles. The number of benzene rings is 3. The summed E-state index contributed by atoms with van der Waals surface area (Å²) in [6.07, 6.45) is -1.08. The van der Waals surface area contributed by atoms with E-state index in [1.54, 1.807) is 24.3 Å². The minimum atomic E-state index is -1.08. The van der Waals surface area contributed by atoms with Crippen molar-refractivity contribution in [1.82, 2.24) is 0 Å². The molecule has 1 heterocycles. The zero-order chi connectivity index (χ0) is 18.6. The second-order valence-electron chi connectivity index (χ2n) is 6.05. The van der Waals surface area contributed by atoms with Crippen LogP contribution in [0, 0.1) is 5.82 Å². The highest BCUT2D eigenvalue weighted by Crippen LogP contribution is 2.41. The SMILES string of the molecule is OC(c1cccc(F)c1)c1cc2c(cc1N=Nc1ccccc1)OCCO2. The fourth-order valence-electron chi connectivity index (χ4n) is 2.86. The summed E-state index contributed by atoms with van der Waals surface area (Å²) in [5.41, 5.74) is 1.99. The number of halogens is 1. The molecule has 27 heavy (non-hydrogen) atoms. The molecule has 3 aromatic rings. The molecule has 0 fully saturated rings. The summed E-state index contributed by atoms with van der Waals surface area (Å²) in [6.45, 7) is 0.863. The summed E-state index contributed by atoms with van der Waals surface area (Å²) in [5.74, 6) is 0.639. The Labute approximate surface area is 155 Å². The second kappa shape index (κ2) is 7.55. The van der Waals surface area contributed by atoms with Crippen LogP contribution in [0.3, 0.4) is 0 Å². The smallest absolute Gasteiger partial charge is 0.163 e. The van der Waals surface area contributed by atoms with Crippen LogP contribution in [0.2, 0.25) is 0 Å². The Bertz CT molecular complexity index is 976. The van der Waals surface area contributed by atoms with Gasteiger partial charge in [0, 0.05) is 11.6 Å². The zero-order valence-corrected chi connectivity index (χ0v) is 14.4. The van der Waals surface area contributed by atoms with E-state index in [1.165, 1.54) is 12.1 Å². The first kappa shape index (κ1) is 17.2. The first-order valence-electron chi connectivity index (χ1n) is 8.54. The Morgan fingerprint density at radius 1 is 0.852 bits per heavy atom. The summed E-state index contributed by atoms with van der Waals surface area (Å²) in [5, 5.41) is 19.3. The number of rotatable bonds is 4. The number of hydrogen-bond donors (Lipinski definition) is 1. The van der Waals surface area contributed by atoms with Crippen LogP contribution < -0.4 is 9.47 Å². The van der Waals surface area contributed by atoms with Crippen molar-refractivity contribution in [3.8, 4) is 11.5 Å². The van der Waals surface area contributed by atoms with Crippen LogP contribution in [-0.2, 0) is 0 Å². The molecule has 3 aromatic carbocycles. The third-order valence-electron chi connectivity index (χ3n) is 4.18. The van der Waals surface area contributed by atoms with Crippen molar-refractivity contribution in [2.45, 2.75) is 6.10 Å². The molecule has 6 heteroatoms. The van der Waals surface area contributed by atoms with Crippen LogP contribution in [0.5, 0.6) is 11.5 Å². The quantitative estimate of drug-likeness (QED) is 0.656. The Morgan fingerprint density at radius 3 is 2.33 bits per heavy atom. The zero-order valence-electron chi connectivity index (χ0n) is 14.4. The van der Waals surface area contributed by atoms with Gasteiger partial charge in [-0.15, -0.1) is 0 Å². The minimum Gasteiger partial charge on any atom is -0.486 e. The maximum absolute atomic E-state index is 13.6. The fraction of sp³-hybridized carbons (Fsp3) is 0.143. The van der Waals surface area contributed by atoms with Crippen LogP contribution in [0.25, 0.3) is 0 Å². The molecule has 0 saturated carbocycles. The van der Waals surface area contributed by atoms with Gasteiger partial charge in [-0.1, -0.05) is 30.3 Å². The molecule has 1 unspecified atom stereocenters. The average molecular weight is 364 g/mol. The summed E-state index contributed by atoms with van der Waals surface area (Å²) in [7, 11) is 0. The van der Waals surface area contributed by atoms with Crippen LogP contribution >= 0.6 is 0 Å². The average Bonchev–Trinajstić information content (AvgIpc) is 2.72. The lowest BCUT2D eigenvalue weighted by Crippen LogP contribution is -2.16. The van der Waals surface area contributed by atoms with E-state index in [0.717, 1.165) is 0 Å². The van der Waals surface area contributed by atoms with Gasteiger partial charge in [-0.2, -0.15) is 10.2 Å². The normalized spacial score (nSPS) is 14.3. The standard InChI is InChI=1S/C21H17FN2O3/c22-15-6-4-5-14(11-15)21(25)17-12-19-20(27-10-9-26-19)13-18(17)24-23-16-7-2-1-3-8-16/h1-8,11-13,21,25H,9-10H2. The topological polar surface area (TPSA) is 63.4 Å². The number of aliphatic hydroxyl groups is 1. The van der Waals surface area contributed by atoms with Crippen LogP contribution in [0.15, 0.2) is 77.0 Å². The molecule has 0 bridgehead atoms. The number of aliphatic hydroxyl groups excluding tert-OH is 1. The number of ether oxygens (including phenoxy) is 2. The van der Waals surface area contributed by atoms with Gasteiger partial charge in [-0.25, -0.2) is 4.39 Å². The lowest BCUT2D eigenvalue weighted by atomic mass is 9.99. The van der Waals surface area contributed by atoms with Gasteiger partial charge in [0.05, 0.1) is 11.4 Å². The van der Waals surface area contributed by atoms with Gasteiger partial charge in [0.2, 0.25) is 0 Å². The number of azo groups is 1. The van der Waals surface area contributed by atoms with E-state index in [0.29, 0.717) is 47.2 Å². The molecule has 136 valence electrons. The highest BCUT2D eigenvalue weighted by Gasteiger charge is 2.21. The van der Waals surface area contributed by atoms with Crippen molar-refractivity contribution in [2.75, 3.05) is 13.2 Å². The molecule has 4 rings (SSSR count). The second-order valence-corrected chi connectivity index (χ2v) is 6.05. The molecule has 1 aliphatic rings. The monoisotopic (exact) mass is 364 g/mol. The van der Waals surface area contributed by atoms with E-state index in [-0.39, 0.29) is 0 Å². The highest BCUT2D eigenvalue weighted by molar-refractivity contribution is 5.60. The predicted octanol–water partition coefficient (Wildman–Crippen LogP) is 5.09. The molecule has 0 aromatic heterocycles. The van der Waals surface area contributed by atoms with Gasteiger partial charge in [0.1, 0.15) is 25.1 Å². The first-order valence-corrected chi connectivity index (χ1v) is 8.54. The fourth-order valence-corrected chi connectivity index (χ4v) is 2.86. The van der Waals surface area contributed by atoms with Crippen molar-refractivity contribution in [3.63, 3.8) is 0 Å². The van der Waals surface area contributed by atoms with Crippen molar-refractivity contribution in [3.05, 3.63) is 83.7 Å². The molecule has 0 radical (unpaired) electrons. The lowest BCUT2D eigenvalue weighted by molar-refractivity contribution is 0.170. The number of nitrogens with zero attached hydrogens (tertiary/aromatic N) is 2. The summed E-state index contributed by atoms with van der Waals surface area (Å²) in [6, 6.07) is 18.4. The lowest BCUT2D eigenvalue weighted by Gasteiger charge is -2.21. The molecular weight excluding hydrogens is 347 g/mol. The van der Waals surface area contributed by atoms with E-state index in [9.17, 15) is 9.50 Å².